The molecule has 9 rings (SSSR count). The number of nitrogens with zero attached hydrogens (tertiary/aromatic N) is 3. The van der Waals surface area contributed by atoms with Crippen molar-refractivity contribution in [2.45, 2.75) is 62.7 Å². The van der Waals surface area contributed by atoms with Gasteiger partial charge in [0.05, 0.1) is 34.3 Å². The number of ketones is 1. The monoisotopic (exact) mass is 604 g/mol. The minimum absolute atomic E-state index is 0.00953. The first-order valence-corrected chi connectivity index (χ1v) is 16.3. The van der Waals surface area contributed by atoms with Crippen LogP contribution in [0.2, 0.25) is 0 Å². The number of allylic oxidation sites excluding steroid dienone is 2. The Hall–Kier alpha value is -5.34. The number of nitriles is 2. The number of hydrogen-bond donors (Lipinski definition) is 4. The number of Topliss-reactive ketones (excluding diaryl/α,β-unsaturated/α-hetero) is 1. The van der Waals surface area contributed by atoms with Gasteiger partial charge in [0.15, 0.2) is 0 Å². The van der Waals surface area contributed by atoms with Gasteiger partial charge in [0.2, 0.25) is 5.78 Å². The van der Waals surface area contributed by atoms with E-state index in [1.165, 1.54) is 0 Å². The lowest BCUT2D eigenvalue weighted by Gasteiger charge is -2.45. The van der Waals surface area contributed by atoms with E-state index in [9.17, 15) is 20.4 Å². The largest absolute Gasteiger partial charge is 0.506 e. The molecule has 4 aromatic carbocycles. The summed E-state index contributed by atoms with van der Waals surface area (Å²) in [5.41, 5.74) is 3.14. The number of benzene rings is 4. The number of aliphatic hydroxyl groups is 1. The van der Waals surface area contributed by atoms with E-state index < -0.39 is 11.3 Å². The average molecular weight is 605 g/mol. The van der Waals surface area contributed by atoms with Gasteiger partial charge in [-0.1, -0.05) is 48.5 Å². The Morgan fingerprint density at radius 3 is 2.04 bits per heavy atom. The SMILES string of the molecule is N#CC1CCC2(CC1)N=c1/c(=C3/C(=O)C(c4ccc5cccc6c5c4NC4(CCC(C#N)CC4)N6)=C3O)ccc3cccc(c13)N2. The predicted octanol–water partition coefficient (Wildman–Crippen LogP) is 6.40. The Morgan fingerprint density at radius 1 is 0.739 bits per heavy atom. The Bertz CT molecular complexity index is 2270. The van der Waals surface area contributed by atoms with Gasteiger partial charge in [0.25, 0.3) is 0 Å². The van der Waals surface area contributed by atoms with Crippen LogP contribution in [0.4, 0.5) is 17.1 Å². The lowest BCUT2D eigenvalue weighted by molar-refractivity contribution is -0.109. The third-order valence-electron chi connectivity index (χ3n) is 11.0. The van der Waals surface area contributed by atoms with E-state index in [1.54, 1.807) is 0 Å². The van der Waals surface area contributed by atoms with Crippen molar-refractivity contribution in [2.75, 3.05) is 16.0 Å². The number of anilines is 3. The Balaban J connectivity index is 1.22. The zero-order valence-electron chi connectivity index (χ0n) is 25.3. The van der Waals surface area contributed by atoms with Gasteiger partial charge in [-0.2, -0.15) is 10.5 Å². The van der Waals surface area contributed by atoms with Crippen LogP contribution in [0.25, 0.3) is 32.7 Å². The molecule has 4 aromatic rings. The van der Waals surface area contributed by atoms with Crippen LogP contribution in [0, 0.1) is 34.5 Å². The molecule has 4 N–H and O–H groups in total. The zero-order valence-corrected chi connectivity index (χ0v) is 25.3. The van der Waals surface area contributed by atoms with E-state index in [2.05, 4.69) is 40.2 Å². The molecule has 8 nitrogen and oxygen atoms in total. The first-order valence-electron chi connectivity index (χ1n) is 16.3. The molecule has 0 saturated heterocycles. The van der Waals surface area contributed by atoms with Crippen LogP contribution in [0.3, 0.4) is 0 Å². The number of aliphatic hydroxyl groups excluding tert-OH is 1. The molecule has 2 spiro atoms. The molecule has 2 saturated carbocycles. The van der Waals surface area contributed by atoms with Gasteiger partial charge in [0.1, 0.15) is 17.1 Å². The van der Waals surface area contributed by atoms with Gasteiger partial charge in [-0.05, 0) is 74.3 Å². The van der Waals surface area contributed by atoms with E-state index in [4.69, 9.17) is 4.99 Å². The predicted molar refractivity (Wildman–Crippen MR) is 178 cm³/mol. The molecule has 2 aliphatic heterocycles. The van der Waals surface area contributed by atoms with Gasteiger partial charge >= 0.3 is 0 Å². The van der Waals surface area contributed by atoms with Crippen LogP contribution in [0.5, 0.6) is 0 Å². The van der Waals surface area contributed by atoms with E-state index in [-0.39, 0.29) is 23.4 Å². The summed E-state index contributed by atoms with van der Waals surface area (Å²) in [6.07, 6.45) is 6.12. The normalized spacial score (nSPS) is 28.9. The maximum Gasteiger partial charge on any atom is 0.201 e. The molecule has 2 heterocycles. The molecule has 0 amide bonds. The van der Waals surface area contributed by atoms with Crippen molar-refractivity contribution in [1.29, 1.82) is 10.5 Å². The maximum atomic E-state index is 14.3. The topological polar surface area (TPSA) is 133 Å². The summed E-state index contributed by atoms with van der Waals surface area (Å²) in [5, 5.41) is 47.4. The highest BCUT2D eigenvalue weighted by molar-refractivity contribution is 6.52. The van der Waals surface area contributed by atoms with Crippen LogP contribution in [-0.4, -0.2) is 22.2 Å². The minimum atomic E-state index is -0.547. The number of carbonyl (C=O) groups excluding carboxylic acids is 1. The van der Waals surface area contributed by atoms with Crippen LogP contribution < -0.4 is 26.5 Å². The molecule has 0 aromatic heterocycles. The van der Waals surface area contributed by atoms with E-state index in [0.29, 0.717) is 21.9 Å². The summed E-state index contributed by atoms with van der Waals surface area (Å²) in [7, 11) is 0. The lowest BCUT2D eigenvalue weighted by Crippen LogP contribution is -2.50. The second-order valence-corrected chi connectivity index (χ2v) is 13.6. The summed E-state index contributed by atoms with van der Waals surface area (Å²) >= 11 is 0. The van der Waals surface area contributed by atoms with Crippen molar-refractivity contribution in [3.63, 3.8) is 0 Å². The van der Waals surface area contributed by atoms with Crippen LogP contribution in [0.1, 0.15) is 56.9 Å². The summed E-state index contributed by atoms with van der Waals surface area (Å²) in [5.74, 6) is -0.134. The summed E-state index contributed by atoms with van der Waals surface area (Å²) < 4.78 is 0. The van der Waals surface area contributed by atoms with Crippen molar-refractivity contribution in [1.82, 2.24) is 0 Å². The molecule has 226 valence electrons. The van der Waals surface area contributed by atoms with Crippen LogP contribution in [-0.2, 0) is 4.79 Å². The van der Waals surface area contributed by atoms with Crippen molar-refractivity contribution in [3.8, 4) is 12.1 Å². The average Bonchev–Trinajstić information content (AvgIpc) is 3.08. The first-order chi connectivity index (χ1) is 22.4. The van der Waals surface area contributed by atoms with Crippen molar-refractivity contribution in [2.24, 2.45) is 16.8 Å². The van der Waals surface area contributed by atoms with Gasteiger partial charge in [-0.15, -0.1) is 0 Å². The third-order valence-corrected chi connectivity index (χ3v) is 11.0. The minimum Gasteiger partial charge on any atom is -0.506 e. The summed E-state index contributed by atoms with van der Waals surface area (Å²) in [6, 6.07) is 25.0. The van der Waals surface area contributed by atoms with Crippen molar-refractivity contribution < 1.29 is 9.90 Å². The highest BCUT2D eigenvalue weighted by atomic mass is 16.3. The van der Waals surface area contributed by atoms with Gasteiger partial charge in [-0.25, -0.2) is 0 Å². The molecule has 3 aliphatic carbocycles. The molecule has 0 radical (unpaired) electrons. The van der Waals surface area contributed by atoms with E-state index >= 15 is 0 Å². The highest BCUT2D eigenvalue weighted by Gasteiger charge is 2.43. The quantitative estimate of drug-likeness (QED) is 0.198. The lowest BCUT2D eigenvalue weighted by atomic mass is 9.77. The molecular weight excluding hydrogens is 572 g/mol. The zero-order chi connectivity index (χ0) is 31.2. The van der Waals surface area contributed by atoms with E-state index in [0.717, 1.165) is 95.3 Å². The number of hydrogen-bond acceptors (Lipinski definition) is 8. The summed E-state index contributed by atoms with van der Waals surface area (Å²) in [4.78, 5) is 19.5. The second-order valence-electron chi connectivity index (χ2n) is 13.6. The summed E-state index contributed by atoms with van der Waals surface area (Å²) in [6.45, 7) is 0. The fraction of sp³-hybridized carbons (Fsp3) is 0.316. The molecule has 0 atom stereocenters. The van der Waals surface area contributed by atoms with Gasteiger partial charge in [0, 0.05) is 44.8 Å². The molecule has 2 fully saturated rings. The molecule has 0 bridgehead atoms. The van der Waals surface area contributed by atoms with Crippen LogP contribution >= 0.6 is 0 Å². The number of rotatable bonds is 1. The van der Waals surface area contributed by atoms with Gasteiger partial charge < -0.3 is 21.1 Å². The Labute approximate surface area is 265 Å². The smallest absolute Gasteiger partial charge is 0.201 e. The third kappa shape index (κ3) is 3.77. The first kappa shape index (κ1) is 27.0. The van der Waals surface area contributed by atoms with Gasteiger partial charge in [-0.3, -0.25) is 9.79 Å². The molecule has 46 heavy (non-hydrogen) atoms. The van der Waals surface area contributed by atoms with Crippen molar-refractivity contribution >= 4 is 55.5 Å². The second kappa shape index (κ2) is 9.58. The Kier molecular flexibility index (Phi) is 5.63. The maximum absolute atomic E-state index is 14.3. The van der Waals surface area contributed by atoms with Crippen LogP contribution in [0.15, 0.2) is 71.4 Å². The fourth-order valence-electron chi connectivity index (χ4n) is 8.48. The fourth-order valence-corrected chi connectivity index (χ4v) is 8.48. The van der Waals surface area contributed by atoms with Crippen molar-refractivity contribution in [3.05, 3.63) is 82.6 Å². The number of nitrogens with one attached hydrogen (secondary N) is 3. The standard InChI is InChI=1S/C38H32N6O2/c39-19-21-11-15-37(16-12-21)41-27-5-1-3-23-7-9-25(33(43-37)29(23)27)31-35(45)32(36(31)46)26-10-8-24-4-2-6-28-30(24)34(26)44-38(42-28)17-13-22(20-40)14-18-38/h1-10,21-22,41-43,45H,11-18H2/b32-26+. The molecule has 8 heteroatoms. The number of carbonyl (C=O) groups is 1. The highest BCUT2D eigenvalue weighted by Crippen LogP contribution is 2.49. The molecule has 0 unspecified atom stereocenters. The molecule has 5 aliphatic rings. The Morgan fingerprint density at radius 2 is 1.37 bits per heavy atom. The molecular formula is C38H32N6O2. The van der Waals surface area contributed by atoms with E-state index in [1.807, 2.05) is 48.5 Å².